The fourth-order valence-electron chi connectivity index (χ4n) is 3.61. The van der Waals surface area contributed by atoms with Crippen LogP contribution in [0.1, 0.15) is 35.2 Å². The van der Waals surface area contributed by atoms with Crippen LogP contribution in [0.25, 0.3) is 0 Å². The second-order valence-electron chi connectivity index (χ2n) is 7.57. The number of piperazine rings is 1. The molecule has 1 aliphatic heterocycles. The summed E-state index contributed by atoms with van der Waals surface area (Å²) >= 11 is 5.88. The third kappa shape index (κ3) is 5.80. The van der Waals surface area contributed by atoms with Gasteiger partial charge in [-0.25, -0.2) is 4.39 Å². The molecule has 3 rings (SSSR count). The van der Waals surface area contributed by atoms with E-state index < -0.39 is 5.82 Å². The number of rotatable bonds is 7. The smallest absolute Gasteiger partial charge is 0.253 e. The number of benzene rings is 2. The lowest BCUT2D eigenvalue weighted by Crippen LogP contribution is -2.47. The average molecular weight is 432 g/mol. The normalized spacial score (nSPS) is 15.0. The quantitative estimate of drug-likeness (QED) is 0.729. The fourth-order valence-corrected chi connectivity index (χ4v) is 3.79. The second-order valence-corrected chi connectivity index (χ2v) is 7.98. The van der Waals surface area contributed by atoms with Crippen LogP contribution in [-0.4, -0.2) is 60.9 Å². The molecule has 1 atom stereocenters. The molecule has 0 unspecified atom stereocenters. The Morgan fingerprint density at radius 1 is 1.17 bits per heavy atom. The van der Waals surface area contributed by atoms with Gasteiger partial charge in [0.15, 0.2) is 0 Å². The van der Waals surface area contributed by atoms with Crippen LogP contribution in [0.3, 0.4) is 0 Å². The minimum atomic E-state index is -0.564. The van der Waals surface area contributed by atoms with Crippen molar-refractivity contribution in [3.8, 4) is 0 Å². The highest BCUT2D eigenvalue weighted by Gasteiger charge is 2.23. The van der Waals surface area contributed by atoms with Gasteiger partial charge in [0.25, 0.3) is 5.91 Å². The van der Waals surface area contributed by atoms with Crippen molar-refractivity contribution >= 4 is 23.4 Å². The Balaban J connectivity index is 1.73. The molecule has 0 aromatic heterocycles. The maximum Gasteiger partial charge on any atom is 0.253 e. The largest absolute Gasteiger partial charge is 0.340 e. The predicted octanol–water partition coefficient (Wildman–Crippen LogP) is 3.55. The fraction of sp³-hybridized carbons (Fsp3) is 0.391. The first-order valence-electron chi connectivity index (χ1n) is 10.2. The zero-order chi connectivity index (χ0) is 21.5. The van der Waals surface area contributed by atoms with E-state index >= 15 is 0 Å². The molecule has 0 spiro atoms. The van der Waals surface area contributed by atoms with Crippen molar-refractivity contribution in [1.82, 2.24) is 15.1 Å². The molecule has 160 valence electrons. The van der Waals surface area contributed by atoms with Gasteiger partial charge in [-0.1, -0.05) is 48.9 Å². The molecule has 0 aliphatic carbocycles. The van der Waals surface area contributed by atoms with Gasteiger partial charge in [0.2, 0.25) is 5.91 Å². The zero-order valence-electron chi connectivity index (χ0n) is 17.1. The Kier molecular flexibility index (Phi) is 7.82. The van der Waals surface area contributed by atoms with E-state index in [2.05, 4.69) is 5.32 Å². The van der Waals surface area contributed by atoms with Gasteiger partial charge >= 0.3 is 0 Å². The van der Waals surface area contributed by atoms with Crippen molar-refractivity contribution in [3.05, 3.63) is 70.5 Å². The molecule has 1 fully saturated rings. The van der Waals surface area contributed by atoms with Gasteiger partial charge in [0, 0.05) is 51.3 Å². The predicted molar refractivity (Wildman–Crippen MR) is 116 cm³/mol. The monoisotopic (exact) mass is 431 g/mol. The summed E-state index contributed by atoms with van der Waals surface area (Å²) in [5.74, 6) is -0.696. The van der Waals surface area contributed by atoms with Gasteiger partial charge < -0.3 is 15.1 Å². The van der Waals surface area contributed by atoms with Crippen molar-refractivity contribution in [2.45, 2.75) is 19.3 Å². The third-order valence-electron chi connectivity index (χ3n) is 5.38. The number of carbonyl (C=O) groups is 2. The summed E-state index contributed by atoms with van der Waals surface area (Å²) in [6, 6.07) is 13.9. The van der Waals surface area contributed by atoms with Crippen LogP contribution in [0, 0.1) is 5.82 Å². The molecule has 1 aliphatic rings. The van der Waals surface area contributed by atoms with E-state index in [0.29, 0.717) is 31.7 Å². The highest BCUT2D eigenvalue weighted by atomic mass is 35.5. The Labute approximate surface area is 181 Å². The highest BCUT2D eigenvalue weighted by Crippen LogP contribution is 2.21. The molecular formula is C23H27ClFN3O2. The zero-order valence-corrected chi connectivity index (χ0v) is 17.9. The van der Waals surface area contributed by atoms with E-state index in [0.717, 1.165) is 18.7 Å². The van der Waals surface area contributed by atoms with Gasteiger partial charge in [-0.3, -0.25) is 9.59 Å². The topological polar surface area (TPSA) is 52.7 Å². The number of halogens is 2. The van der Waals surface area contributed by atoms with E-state index in [9.17, 15) is 14.0 Å². The summed E-state index contributed by atoms with van der Waals surface area (Å²) in [5.41, 5.74) is 1.43. The van der Waals surface area contributed by atoms with Crippen LogP contribution in [0.2, 0.25) is 5.02 Å². The van der Waals surface area contributed by atoms with Gasteiger partial charge in [-0.05, 0) is 29.7 Å². The van der Waals surface area contributed by atoms with Gasteiger partial charge in [0.05, 0.1) is 5.02 Å². The van der Waals surface area contributed by atoms with Crippen molar-refractivity contribution in [2.24, 2.45) is 0 Å². The SMILES string of the molecule is C[C@H](CN(CCC(=O)N1CCNCC1)C(=O)c1ccc(F)c(Cl)c1)c1ccccc1. The maximum atomic E-state index is 13.5. The van der Waals surface area contributed by atoms with E-state index in [1.165, 1.54) is 18.2 Å². The molecule has 1 N–H and O–H groups in total. The third-order valence-corrected chi connectivity index (χ3v) is 5.67. The number of nitrogens with zero attached hydrogens (tertiary/aromatic N) is 2. The second kappa shape index (κ2) is 10.5. The summed E-state index contributed by atoms with van der Waals surface area (Å²) in [4.78, 5) is 29.3. The lowest BCUT2D eigenvalue weighted by molar-refractivity contribution is -0.131. The van der Waals surface area contributed by atoms with E-state index in [1.54, 1.807) is 4.90 Å². The summed E-state index contributed by atoms with van der Waals surface area (Å²) in [5, 5.41) is 3.14. The molecular weight excluding hydrogens is 405 g/mol. The summed E-state index contributed by atoms with van der Waals surface area (Å²) in [6.07, 6.45) is 0.252. The van der Waals surface area contributed by atoms with Crippen LogP contribution in [-0.2, 0) is 4.79 Å². The molecule has 1 heterocycles. The molecule has 0 saturated carbocycles. The minimum Gasteiger partial charge on any atom is -0.340 e. The Hall–Kier alpha value is -2.44. The maximum absolute atomic E-state index is 13.5. The van der Waals surface area contributed by atoms with E-state index in [4.69, 9.17) is 11.6 Å². The van der Waals surface area contributed by atoms with Gasteiger partial charge in [0.1, 0.15) is 5.82 Å². The molecule has 7 heteroatoms. The van der Waals surface area contributed by atoms with Gasteiger partial charge in [-0.15, -0.1) is 0 Å². The van der Waals surface area contributed by atoms with Crippen LogP contribution in [0.4, 0.5) is 4.39 Å². The van der Waals surface area contributed by atoms with Crippen LogP contribution >= 0.6 is 11.6 Å². The van der Waals surface area contributed by atoms with Crippen molar-refractivity contribution in [2.75, 3.05) is 39.3 Å². The first-order valence-corrected chi connectivity index (χ1v) is 10.6. The van der Waals surface area contributed by atoms with Crippen LogP contribution < -0.4 is 5.32 Å². The molecule has 2 aromatic rings. The molecule has 1 saturated heterocycles. The first kappa shape index (κ1) is 22.2. The first-order chi connectivity index (χ1) is 14.5. The Morgan fingerprint density at radius 3 is 2.53 bits per heavy atom. The molecule has 5 nitrogen and oxygen atoms in total. The van der Waals surface area contributed by atoms with Crippen LogP contribution in [0.15, 0.2) is 48.5 Å². The lowest BCUT2D eigenvalue weighted by atomic mass is 10.00. The standard InChI is InChI=1S/C23H27ClFN3O2/c1-17(18-5-3-2-4-6-18)16-28(12-9-22(29)27-13-10-26-11-14-27)23(30)19-7-8-21(25)20(24)15-19/h2-8,15,17,26H,9-14,16H2,1H3/t17-/m1/s1. The van der Waals surface area contributed by atoms with Gasteiger partial charge in [-0.2, -0.15) is 0 Å². The number of hydrogen-bond acceptors (Lipinski definition) is 3. The molecule has 0 bridgehead atoms. The van der Waals surface area contributed by atoms with Crippen molar-refractivity contribution < 1.29 is 14.0 Å². The summed E-state index contributed by atoms with van der Waals surface area (Å²) in [6.45, 7) is 5.73. The molecule has 2 amide bonds. The highest BCUT2D eigenvalue weighted by molar-refractivity contribution is 6.31. The van der Waals surface area contributed by atoms with E-state index in [-0.39, 0.29) is 29.2 Å². The minimum absolute atomic E-state index is 0.0406. The molecule has 0 radical (unpaired) electrons. The van der Waals surface area contributed by atoms with Crippen LogP contribution in [0.5, 0.6) is 0 Å². The van der Waals surface area contributed by atoms with Crippen molar-refractivity contribution in [3.63, 3.8) is 0 Å². The number of hydrogen-bond donors (Lipinski definition) is 1. The summed E-state index contributed by atoms with van der Waals surface area (Å²) in [7, 11) is 0. The van der Waals surface area contributed by atoms with E-state index in [1.807, 2.05) is 42.2 Å². The summed E-state index contributed by atoms with van der Waals surface area (Å²) < 4.78 is 13.5. The average Bonchev–Trinajstić information content (AvgIpc) is 2.78. The number of amides is 2. The number of nitrogens with one attached hydrogen (secondary N) is 1. The Morgan fingerprint density at radius 2 is 1.87 bits per heavy atom. The molecule has 30 heavy (non-hydrogen) atoms. The molecule has 2 aromatic carbocycles. The number of carbonyl (C=O) groups excluding carboxylic acids is 2. The van der Waals surface area contributed by atoms with Crippen molar-refractivity contribution in [1.29, 1.82) is 0 Å². The lowest BCUT2D eigenvalue weighted by Gasteiger charge is -2.30. The Bertz CT molecular complexity index is 872.